The lowest BCUT2D eigenvalue weighted by Gasteiger charge is -2.19. The monoisotopic (exact) mass is 568 g/mol. The maximum Gasteiger partial charge on any atom is 0.480 e. The molecule has 0 amide bonds. The molecule has 0 N–H and O–H groups in total. The number of benzene rings is 1. The third-order valence-electron chi connectivity index (χ3n) is 5.40. The van der Waals surface area contributed by atoms with Crippen LogP contribution >= 0.6 is 0 Å². The van der Waals surface area contributed by atoms with Crippen LogP contribution in [0.5, 0.6) is 0 Å². The first kappa shape index (κ1) is 33.0. The van der Waals surface area contributed by atoms with E-state index >= 15 is 0 Å². The molecule has 0 saturated heterocycles. The van der Waals surface area contributed by atoms with Crippen molar-refractivity contribution < 1.29 is 34.6 Å². The molecular weight excluding hydrogens is 529 g/mol. The summed E-state index contributed by atoms with van der Waals surface area (Å²) in [6.45, 7) is 3.31. The molecule has 0 spiro atoms. The highest BCUT2D eigenvalue weighted by molar-refractivity contribution is 8.12. The molecule has 0 aliphatic heterocycles. The van der Waals surface area contributed by atoms with Crippen LogP contribution in [0.3, 0.4) is 0 Å². The van der Waals surface area contributed by atoms with Gasteiger partial charge in [-0.1, -0.05) is 95.8 Å². The van der Waals surface area contributed by atoms with Crippen LogP contribution in [-0.4, -0.2) is 38.4 Å². The van der Waals surface area contributed by atoms with E-state index in [0.717, 1.165) is 6.54 Å². The van der Waals surface area contributed by atoms with Crippen LogP contribution < -0.4 is 4.57 Å². The fourth-order valence-electron chi connectivity index (χ4n) is 3.51. The SMILES string of the molecule is CCCCCCCCCCCCCCn1c[n+](-c2ccccc2)cn1.CS(=O)(=O)[N-]S(=O)(=O)C(F)(F)F. The summed E-state index contributed by atoms with van der Waals surface area (Å²) in [4.78, 5) is 0. The molecule has 2 rings (SSSR count). The molecule has 13 heteroatoms. The summed E-state index contributed by atoms with van der Waals surface area (Å²) in [6, 6.07) is 10.4. The molecule has 0 unspecified atom stereocenters. The first-order valence-electron chi connectivity index (χ1n) is 12.6. The van der Waals surface area contributed by atoms with Gasteiger partial charge in [-0.25, -0.2) is 21.4 Å². The van der Waals surface area contributed by atoms with E-state index in [-0.39, 0.29) is 6.26 Å². The Hall–Kier alpha value is -1.99. The second-order valence-corrected chi connectivity index (χ2v) is 12.3. The van der Waals surface area contributed by atoms with Crippen molar-refractivity contribution in [3.05, 3.63) is 47.1 Å². The zero-order valence-electron chi connectivity index (χ0n) is 21.6. The van der Waals surface area contributed by atoms with Crippen LogP contribution in [-0.2, 0) is 26.6 Å². The van der Waals surface area contributed by atoms with Crippen molar-refractivity contribution in [1.29, 1.82) is 0 Å². The molecule has 1 aromatic heterocycles. The number of aromatic nitrogens is 3. The number of hydrogen-bond acceptors (Lipinski definition) is 5. The molecule has 0 aliphatic carbocycles. The summed E-state index contributed by atoms with van der Waals surface area (Å²) in [5.41, 5.74) is -4.50. The van der Waals surface area contributed by atoms with Crippen LogP contribution in [0.1, 0.15) is 84.0 Å². The van der Waals surface area contributed by atoms with Gasteiger partial charge in [0.2, 0.25) is 6.33 Å². The lowest BCUT2D eigenvalue weighted by atomic mass is 10.1. The average Bonchev–Trinajstić information content (AvgIpc) is 3.28. The summed E-state index contributed by atoms with van der Waals surface area (Å²) < 4.78 is 80.1. The zero-order chi connectivity index (χ0) is 27.8. The topological polar surface area (TPSA) is 104 Å². The first-order chi connectivity index (χ1) is 17.4. The number of hydrogen-bond donors (Lipinski definition) is 0. The standard InChI is InChI=1S/C22H36N3.C2H3F3NO4S2/c1-2-3-4-5-6-7-8-9-10-11-12-16-19-25-21-24(20-23-25)22-17-14-13-15-18-22;1-11(7,8)6-12(9,10)2(3,4)5/h13-15,17-18,20-21H,2-12,16,19H2,1H3;1H3/q+1;-1. The van der Waals surface area contributed by atoms with E-state index in [4.69, 9.17) is 0 Å². The van der Waals surface area contributed by atoms with Crippen LogP contribution in [0.15, 0.2) is 43.0 Å². The second-order valence-electron chi connectivity index (χ2n) is 8.87. The Morgan fingerprint density at radius 3 is 1.76 bits per heavy atom. The van der Waals surface area contributed by atoms with Gasteiger partial charge in [0.05, 0.1) is 10.0 Å². The van der Waals surface area contributed by atoms with Gasteiger partial charge in [-0.2, -0.15) is 13.2 Å². The number of nitrogens with zero attached hydrogens (tertiary/aromatic N) is 4. The van der Waals surface area contributed by atoms with Crippen molar-refractivity contribution in [3.8, 4) is 5.69 Å². The third-order valence-corrected chi connectivity index (χ3v) is 7.86. The molecule has 1 heterocycles. The van der Waals surface area contributed by atoms with Gasteiger partial charge in [-0.15, -0.1) is 4.68 Å². The van der Waals surface area contributed by atoms with Crippen LogP contribution in [0.4, 0.5) is 13.2 Å². The highest BCUT2D eigenvalue weighted by atomic mass is 32.3. The molecular formula is C24H39F3N4O4S2. The van der Waals surface area contributed by atoms with Gasteiger partial charge in [0.15, 0.2) is 10.0 Å². The summed E-state index contributed by atoms with van der Waals surface area (Å²) in [5, 5.41) is 4.46. The van der Waals surface area contributed by atoms with E-state index < -0.39 is 25.6 Å². The lowest BCUT2D eigenvalue weighted by Crippen LogP contribution is -2.27. The Labute approximate surface area is 219 Å². The molecule has 0 aliphatic rings. The summed E-state index contributed by atoms with van der Waals surface area (Å²) >= 11 is 0. The molecule has 2 aromatic rings. The Morgan fingerprint density at radius 2 is 1.32 bits per heavy atom. The molecule has 8 nitrogen and oxygen atoms in total. The highest BCUT2D eigenvalue weighted by Gasteiger charge is 2.39. The largest absolute Gasteiger partial charge is 0.480 e. The summed E-state index contributed by atoms with van der Waals surface area (Å²) in [5.74, 6) is 0. The van der Waals surface area contributed by atoms with Gasteiger partial charge < -0.3 is 4.13 Å². The molecule has 0 saturated carbocycles. The second kappa shape index (κ2) is 16.8. The van der Waals surface area contributed by atoms with Gasteiger partial charge in [-0.3, -0.25) is 0 Å². The van der Waals surface area contributed by atoms with Crippen molar-refractivity contribution in [2.45, 2.75) is 96.0 Å². The minimum atomic E-state index is -5.92. The molecule has 0 fully saturated rings. The molecule has 0 atom stereocenters. The molecule has 37 heavy (non-hydrogen) atoms. The van der Waals surface area contributed by atoms with E-state index in [1.54, 1.807) is 4.13 Å². The van der Waals surface area contributed by atoms with E-state index in [1.807, 2.05) is 12.4 Å². The van der Waals surface area contributed by atoms with Crippen molar-refractivity contribution in [1.82, 2.24) is 9.78 Å². The highest BCUT2D eigenvalue weighted by Crippen LogP contribution is 2.29. The maximum atomic E-state index is 11.4. The Kier molecular flexibility index (Phi) is 15.0. The van der Waals surface area contributed by atoms with Gasteiger partial charge in [0, 0.05) is 11.4 Å². The normalized spacial score (nSPS) is 12.2. The first-order valence-corrected chi connectivity index (χ1v) is 15.9. The predicted octanol–water partition coefficient (Wildman–Crippen LogP) is 6.03. The van der Waals surface area contributed by atoms with Gasteiger partial charge in [-0.05, 0) is 18.6 Å². The minimum Gasteiger partial charge on any atom is -0.429 e. The Morgan fingerprint density at radius 1 is 0.838 bits per heavy atom. The van der Waals surface area contributed by atoms with E-state index in [0.29, 0.717) is 0 Å². The van der Waals surface area contributed by atoms with E-state index in [9.17, 15) is 30.0 Å². The van der Waals surface area contributed by atoms with Crippen LogP contribution in [0.2, 0.25) is 0 Å². The lowest BCUT2D eigenvalue weighted by molar-refractivity contribution is -0.596. The Bertz CT molecular complexity index is 1090. The van der Waals surface area contributed by atoms with Gasteiger partial charge >= 0.3 is 5.51 Å². The fraction of sp³-hybridized carbons (Fsp3) is 0.667. The number of alkyl halides is 3. The maximum absolute atomic E-state index is 11.4. The average molecular weight is 569 g/mol. The smallest absolute Gasteiger partial charge is 0.429 e. The zero-order valence-corrected chi connectivity index (χ0v) is 23.2. The Balaban J connectivity index is 0.000000482. The number of para-hydroxylation sites is 1. The van der Waals surface area contributed by atoms with Gasteiger partial charge in [0.1, 0.15) is 12.2 Å². The molecule has 0 bridgehead atoms. The molecule has 1 aromatic carbocycles. The van der Waals surface area contributed by atoms with E-state index in [1.165, 1.54) is 82.7 Å². The summed E-state index contributed by atoms with van der Waals surface area (Å²) in [7, 11) is -10.5. The van der Waals surface area contributed by atoms with Crippen LogP contribution in [0, 0.1) is 0 Å². The number of rotatable bonds is 16. The molecule has 212 valence electrons. The quantitative estimate of drug-likeness (QED) is 0.182. The van der Waals surface area contributed by atoms with Crippen molar-refractivity contribution in [2.75, 3.05) is 6.26 Å². The third kappa shape index (κ3) is 15.1. The van der Waals surface area contributed by atoms with E-state index in [2.05, 4.69) is 51.9 Å². The molecule has 0 radical (unpaired) electrons. The number of aryl methyl sites for hydroxylation is 1. The van der Waals surface area contributed by atoms with Crippen molar-refractivity contribution in [3.63, 3.8) is 0 Å². The number of halogens is 3. The summed E-state index contributed by atoms with van der Waals surface area (Å²) in [6.07, 6.45) is 21.0. The van der Waals surface area contributed by atoms with Crippen molar-refractivity contribution >= 4 is 20.0 Å². The fourth-order valence-corrected chi connectivity index (χ4v) is 5.27. The van der Waals surface area contributed by atoms with Crippen molar-refractivity contribution in [2.24, 2.45) is 0 Å². The van der Waals surface area contributed by atoms with Crippen LogP contribution in [0.25, 0.3) is 9.81 Å². The number of sulfonamides is 2. The predicted molar refractivity (Wildman–Crippen MR) is 138 cm³/mol. The number of unbranched alkanes of at least 4 members (excludes halogenated alkanes) is 11. The van der Waals surface area contributed by atoms with Gasteiger partial charge in [0.25, 0.3) is 6.33 Å². The minimum absolute atomic E-state index is 0.246.